The normalized spacial score (nSPS) is 11.6. The lowest BCUT2D eigenvalue weighted by Gasteiger charge is -2.15. The van der Waals surface area contributed by atoms with Crippen molar-refractivity contribution in [2.75, 3.05) is 0 Å². The number of hydrogen-bond donors (Lipinski definition) is 0. The highest BCUT2D eigenvalue weighted by Crippen LogP contribution is 2.43. The van der Waals surface area contributed by atoms with E-state index >= 15 is 0 Å². The molecule has 0 saturated heterocycles. The van der Waals surface area contributed by atoms with Crippen molar-refractivity contribution in [2.24, 2.45) is 0 Å². The Morgan fingerprint density at radius 2 is 0.946 bits per heavy atom. The minimum absolute atomic E-state index is 0.692. The molecule has 262 valence electrons. The van der Waals surface area contributed by atoms with E-state index in [0.717, 1.165) is 83.4 Å². The first-order valence-electron chi connectivity index (χ1n) is 18.8. The summed E-state index contributed by atoms with van der Waals surface area (Å²) in [6.45, 7) is 0. The molecular weight excluding hydrogens is 701 g/mol. The van der Waals surface area contributed by atoms with Gasteiger partial charge in [-0.1, -0.05) is 146 Å². The Balaban J connectivity index is 1.16. The van der Waals surface area contributed by atoms with Crippen molar-refractivity contribution in [3.8, 4) is 67.3 Å². The Labute approximate surface area is 327 Å². The van der Waals surface area contributed by atoms with Gasteiger partial charge < -0.3 is 4.42 Å². The molecule has 0 aliphatic heterocycles. The molecule has 0 radical (unpaired) electrons. The number of furan rings is 1. The maximum Gasteiger partial charge on any atom is 0.160 e. The quantitative estimate of drug-likeness (QED) is 0.171. The zero-order chi connectivity index (χ0) is 37.0. The van der Waals surface area contributed by atoms with E-state index in [4.69, 9.17) is 14.4 Å². The van der Waals surface area contributed by atoms with E-state index in [2.05, 4.69) is 158 Å². The molecule has 3 aromatic heterocycles. The Morgan fingerprint density at radius 1 is 0.339 bits per heavy atom. The van der Waals surface area contributed by atoms with Crippen molar-refractivity contribution in [1.82, 2.24) is 9.97 Å². The summed E-state index contributed by atoms with van der Waals surface area (Å²) in [5.41, 5.74) is 13.2. The van der Waals surface area contributed by atoms with Crippen molar-refractivity contribution in [3.63, 3.8) is 0 Å². The topological polar surface area (TPSA) is 38.9 Å². The predicted octanol–water partition coefficient (Wildman–Crippen LogP) is 14.7. The number of aromatic nitrogens is 2. The van der Waals surface area contributed by atoms with Gasteiger partial charge in [-0.3, -0.25) is 0 Å². The molecule has 11 rings (SSSR count). The highest BCUT2D eigenvalue weighted by atomic mass is 32.1. The third-order valence-electron chi connectivity index (χ3n) is 10.7. The summed E-state index contributed by atoms with van der Waals surface area (Å²) in [6, 6.07) is 68.6. The molecule has 3 heterocycles. The number of rotatable bonds is 6. The summed E-state index contributed by atoms with van der Waals surface area (Å²) in [5, 5.41) is 4.79. The Hall–Kier alpha value is -7.14. The largest absolute Gasteiger partial charge is 0.455 e. The van der Waals surface area contributed by atoms with Crippen LogP contribution in [0.3, 0.4) is 0 Å². The average Bonchev–Trinajstić information content (AvgIpc) is 3.85. The highest BCUT2D eigenvalue weighted by molar-refractivity contribution is 7.25. The first-order valence-corrected chi connectivity index (χ1v) is 19.6. The van der Waals surface area contributed by atoms with Gasteiger partial charge in [0, 0.05) is 53.2 Å². The van der Waals surface area contributed by atoms with E-state index < -0.39 is 0 Å². The summed E-state index contributed by atoms with van der Waals surface area (Å²) in [4.78, 5) is 10.4. The van der Waals surface area contributed by atoms with Gasteiger partial charge in [0.25, 0.3) is 0 Å². The molecule has 0 N–H and O–H groups in total. The standard InChI is InChI=1S/C52H32N2OS/c1-3-14-33(15-4-1)46-32-47(54-52(53-46)34-16-5-2-6-17-34)38-29-36(35-26-27-50-45(31-35)42-21-10-12-25-49(42)56-50)28-37(30-38)39-18-7-8-19-40(39)43-22-13-23-44-41-20-9-11-24-48(41)55-51(43)44/h1-32H. The van der Waals surface area contributed by atoms with Gasteiger partial charge in [0.2, 0.25) is 0 Å². The van der Waals surface area contributed by atoms with Gasteiger partial charge in [-0.25, -0.2) is 9.97 Å². The Bertz CT molecular complexity index is 3190. The molecular formula is C52H32N2OS. The minimum Gasteiger partial charge on any atom is -0.455 e. The van der Waals surface area contributed by atoms with Gasteiger partial charge in [-0.15, -0.1) is 11.3 Å². The first kappa shape index (κ1) is 32.3. The Morgan fingerprint density at radius 3 is 1.79 bits per heavy atom. The number of nitrogens with zero attached hydrogens (tertiary/aromatic N) is 2. The number of thiophene rings is 1. The van der Waals surface area contributed by atoms with Crippen molar-refractivity contribution in [3.05, 3.63) is 194 Å². The molecule has 8 aromatic carbocycles. The molecule has 0 atom stereocenters. The van der Waals surface area contributed by atoms with Crippen molar-refractivity contribution in [1.29, 1.82) is 0 Å². The number of hydrogen-bond acceptors (Lipinski definition) is 4. The van der Waals surface area contributed by atoms with E-state index in [-0.39, 0.29) is 0 Å². The molecule has 0 bridgehead atoms. The molecule has 0 amide bonds. The van der Waals surface area contributed by atoms with Crippen LogP contribution in [-0.4, -0.2) is 9.97 Å². The second-order valence-electron chi connectivity index (χ2n) is 14.1. The molecule has 0 unspecified atom stereocenters. The van der Waals surface area contributed by atoms with Crippen molar-refractivity contribution < 1.29 is 4.42 Å². The Kier molecular flexibility index (Phi) is 7.68. The average molecular weight is 733 g/mol. The van der Waals surface area contributed by atoms with E-state index in [1.165, 1.54) is 20.2 Å². The van der Waals surface area contributed by atoms with Crippen LogP contribution < -0.4 is 0 Å². The van der Waals surface area contributed by atoms with Crippen LogP contribution in [0, 0.1) is 0 Å². The smallest absolute Gasteiger partial charge is 0.160 e. The van der Waals surface area contributed by atoms with E-state index in [0.29, 0.717) is 5.82 Å². The van der Waals surface area contributed by atoms with Gasteiger partial charge in [0.05, 0.1) is 11.4 Å². The highest BCUT2D eigenvalue weighted by Gasteiger charge is 2.18. The minimum atomic E-state index is 0.692. The van der Waals surface area contributed by atoms with Gasteiger partial charge >= 0.3 is 0 Å². The lowest BCUT2D eigenvalue weighted by molar-refractivity contribution is 0.670. The van der Waals surface area contributed by atoms with Gasteiger partial charge in [0.15, 0.2) is 5.82 Å². The fourth-order valence-electron chi connectivity index (χ4n) is 8.00. The monoisotopic (exact) mass is 732 g/mol. The first-order chi connectivity index (χ1) is 27.7. The number of para-hydroxylation sites is 2. The van der Waals surface area contributed by atoms with Crippen molar-refractivity contribution in [2.45, 2.75) is 0 Å². The fourth-order valence-corrected chi connectivity index (χ4v) is 9.09. The van der Waals surface area contributed by atoms with E-state index in [9.17, 15) is 0 Å². The molecule has 0 spiro atoms. The van der Waals surface area contributed by atoms with Crippen LogP contribution >= 0.6 is 11.3 Å². The van der Waals surface area contributed by atoms with E-state index in [1.54, 1.807) is 0 Å². The SMILES string of the molecule is c1ccc(-c2cc(-c3cc(-c4ccc5sc6ccccc6c5c4)cc(-c4ccccc4-c4cccc5c4oc4ccccc45)c3)nc(-c3ccccc3)n2)cc1. The number of fused-ring (bicyclic) bond motifs is 6. The lowest BCUT2D eigenvalue weighted by atomic mass is 9.89. The van der Waals surface area contributed by atoms with Gasteiger partial charge in [-0.05, 0) is 76.3 Å². The predicted molar refractivity (Wildman–Crippen MR) is 235 cm³/mol. The third kappa shape index (κ3) is 5.58. The van der Waals surface area contributed by atoms with Crippen LogP contribution in [0.2, 0.25) is 0 Å². The van der Waals surface area contributed by atoms with Crippen LogP contribution in [0.1, 0.15) is 0 Å². The van der Waals surface area contributed by atoms with Crippen LogP contribution in [0.15, 0.2) is 199 Å². The summed E-state index contributed by atoms with van der Waals surface area (Å²) >= 11 is 1.84. The second-order valence-corrected chi connectivity index (χ2v) is 15.2. The molecule has 56 heavy (non-hydrogen) atoms. The van der Waals surface area contributed by atoms with E-state index in [1.807, 2.05) is 47.7 Å². The zero-order valence-corrected chi connectivity index (χ0v) is 31.0. The molecule has 0 saturated carbocycles. The fraction of sp³-hybridized carbons (Fsp3) is 0. The zero-order valence-electron chi connectivity index (χ0n) is 30.2. The number of benzene rings is 8. The van der Waals surface area contributed by atoms with Gasteiger partial charge in [-0.2, -0.15) is 0 Å². The van der Waals surface area contributed by atoms with Crippen LogP contribution in [0.5, 0.6) is 0 Å². The summed E-state index contributed by atoms with van der Waals surface area (Å²) in [7, 11) is 0. The van der Waals surface area contributed by atoms with Crippen LogP contribution in [-0.2, 0) is 0 Å². The summed E-state index contributed by atoms with van der Waals surface area (Å²) < 4.78 is 9.16. The lowest BCUT2D eigenvalue weighted by Crippen LogP contribution is -1.96. The third-order valence-corrected chi connectivity index (χ3v) is 11.9. The molecule has 0 aliphatic carbocycles. The molecule has 0 fully saturated rings. The maximum absolute atomic E-state index is 6.58. The molecule has 11 aromatic rings. The summed E-state index contributed by atoms with van der Waals surface area (Å²) in [5.74, 6) is 0.692. The molecule has 3 nitrogen and oxygen atoms in total. The van der Waals surface area contributed by atoms with Crippen molar-refractivity contribution >= 4 is 53.4 Å². The molecule has 0 aliphatic rings. The summed E-state index contributed by atoms with van der Waals surface area (Å²) in [6.07, 6.45) is 0. The second kappa shape index (κ2) is 13.3. The van der Waals surface area contributed by atoms with Gasteiger partial charge in [0.1, 0.15) is 11.2 Å². The van der Waals surface area contributed by atoms with Crippen LogP contribution in [0.4, 0.5) is 0 Å². The molecule has 4 heteroatoms. The van der Waals surface area contributed by atoms with Crippen LogP contribution in [0.25, 0.3) is 109 Å². The maximum atomic E-state index is 6.58.